The number of primary amides is 1. The molecule has 0 unspecified atom stereocenters. The quantitative estimate of drug-likeness (QED) is 0.696. The second-order valence-electron chi connectivity index (χ2n) is 7.56. The van der Waals surface area contributed by atoms with Crippen molar-refractivity contribution in [2.75, 3.05) is 18.0 Å². The zero-order valence-corrected chi connectivity index (χ0v) is 16.2. The average molecular weight is 367 g/mol. The van der Waals surface area contributed by atoms with Gasteiger partial charge in [0.05, 0.1) is 0 Å². The van der Waals surface area contributed by atoms with Gasteiger partial charge >= 0.3 is 6.09 Å². The van der Waals surface area contributed by atoms with Crippen LogP contribution in [0.1, 0.15) is 37.0 Å². The topological polar surface area (TPSA) is 67.6 Å². The molecule has 2 aromatic rings. The van der Waals surface area contributed by atoms with Crippen LogP contribution in [0.25, 0.3) is 0 Å². The highest BCUT2D eigenvalue weighted by Crippen LogP contribution is 2.32. The van der Waals surface area contributed by atoms with Gasteiger partial charge in [0.2, 0.25) is 0 Å². The Kier molecular flexibility index (Phi) is 6.35. The van der Waals surface area contributed by atoms with Crippen molar-refractivity contribution in [2.24, 2.45) is 11.7 Å². The van der Waals surface area contributed by atoms with Crippen LogP contribution in [0.2, 0.25) is 0 Å². The molecular weight excluding hydrogens is 338 g/mol. The van der Waals surface area contributed by atoms with E-state index in [1.54, 1.807) is 6.07 Å². The molecule has 27 heavy (non-hydrogen) atoms. The predicted molar refractivity (Wildman–Crippen MR) is 109 cm³/mol. The van der Waals surface area contributed by atoms with E-state index in [4.69, 9.17) is 10.5 Å². The maximum absolute atomic E-state index is 10.9. The summed E-state index contributed by atoms with van der Waals surface area (Å²) in [5.41, 5.74) is 10.1. The zero-order chi connectivity index (χ0) is 19.2. The number of anilines is 1. The minimum absolute atomic E-state index is 0.511. The highest BCUT2D eigenvalue weighted by molar-refractivity contribution is 5.69. The van der Waals surface area contributed by atoms with E-state index in [9.17, 15) is 4.79 Å². The summed E-state index contributed by atoms with van der Waals surface area (Å²) in [6.45, 7) is 8.32. The number of hydrogen-bond acceptors (Lipinski definition) is 4. The summed E-state index contributed by atoms with van der Waals surface area (Å²) in [7, 11) is 0. The van der Waals surface area contributed by atoms with Crippen molar-refractivity contribution >= 4 is 11.8 Å². The van der Waals surface area contributed by atoms with Crippen molar-refractivity contribution in [1.82, 2.24) is 5.32 Å². The van der Waals surface area contributed by atoms with Gasteiger partial charge < -0.3 is 20.7 Å². The minimum atomic E-state index is -0.774. The van der Waals surface area contributed by atoms with Crippen molar-refractivity contribution in [3.63, 3.8) is 0 Å². The largest absolute Gasteiger partial charge is 0.410 e. The number of fused-ring (bicyclic) bond motifs is 1. The van der Waals surface area contributed by atoms with Crippen LogP contribution in [0, 0.1) is 5.92 Å². The van der Waals surface area contributed by atoms with Gasteiger partial charge in [0.25, 0.3) is 0 Å². The summed E-state index contributed by atoms with van der Waals surface area (Å²) < 4.78 is 4.97. The van der Waals surface area contributed by atoms with E-state index in [2.05, 4.69) is 48.3 Å². The molecule has 1 heterocycles. The minimum Gasteiger partial charge on any atom is -0.410 e. The molecule has 0 saturated carbocycles. The van der Waals surface area contributed by atoms with E-state index in [-0.39, 0.29) is 0 Å². The molecule has 1 aliphatic rings. The lowest BCUT2D eigenvalue weighted by Gasteiger charge is -2.20. The fourth-order valence-electron chi connectivity index (χ4n) is 3.40. The maximum Gasteiger partial charge on any atom is 0.409 e. The highest BCUT2D eigenvalue weighted by atomic mass is 16.5. The Morgan fingerprint density at radius 2 is 1.93 bits per heavy atom. The number of carbonyl (C=O) groups excluding carboxylic acids is 1. The predicted octanol–water partition coefficient (Wildman–Crippen LogP) is 3.84. The number of hydrogen-bond donors (Lipinski definition) is 2. The molecular formula is C22H29N3O2. The third-order valence-corrected chi connectivity index (χ3v) is 4.89. The summed E-state index contributed by atoms with van der Waals surface area (Å²) in [6.07, 6.45) is 1.38. The Bertz CT molecular complexity index is 772. The van der Waals surface area contributed by atoms with Crippen LogP contribution < -0.4 is 20.7 Å². The van der Waals surface area contributed by atoms with E-state index >= 15 is 0 Å². The first-order chi connectivity index (χ1) is 13.0. The van der Waals surface area contributed by atoms with Gasteiger partial charge in [-0.05, 0) is 60.2 Å². The third kappa shape index (κ3) is 5.47. The second-order valence-corrected chi connectivity index (χ2v) is 7.56. The third-order valence-electron chi connectivity index (χ3n) is 4.89. The van der Waals surface area contributed by atoms with Crippen molar-refractivity contribution in [3.05, 3.63) is 59.2 Å². The number of nitrogens with one attached hydrogen (secondary N) is 1. The molecule has 1 amide bonds. The van der Waals surface area contributed by atoms with Gasteiger partial charge in [-0.2, -0.15) is 0 Å². The van der Waals surface area contributed by atoms with E-state index in [0.717, 1.165) is 38.5 Å². The summed E-state index contributed by atoms with van der Waals surface area (Å²) >= 11 is 0. The van der Waals surface area contributed by atoms with Crippen LogP contribution in [0.3, 0.4) is 0 Å². The first-order valence-electron chi connectivity index (χ1n) is 9.65. The first kappa shape index (κ1) is 19.2. The molecule has 5 nitrogen and oxygen atoms in total. The van der Waals surface area contributed by atoms with Gasteiger partial charge in [0.15, 0.2) is 0 Å². The fourth-order valence-corrected chi connectivity index (χ4v) is 3.40. The van der Waals surface area contributed by atoms with Crippen molar-refractivity contribution < 1.29 is 9.53 Å². The van der Waals surface area contributed by atoms with Crippen LogP contribution in [0.5, 0.6) is 5.75 Å². The maximum atomic E-state index is 10.9. The van der Waals surface area contributed by atoms with Gasteiger partial charge in [-0.15, -0.1) is 0 Å². The Labute approximate surface area is 161 Å². The van der Waals surface area contributed by atoms with Crippen molar-refractivity contribution in [3.8, 4) is 5.75 Å². The molecule has 2 aromatic carbocycles. The van der Waals surface area contributed by atoms with E-state index in [1.807, 2.05) is 12.1 Å². The van der Waals surface area contributed by atoms with Gasteiger partial charge in [-0.1, -0.05) is 38.1 Å². The number of nitrogens with zero attached hydrogens (tertiary/aromatic N) is 1. The van der Waals surface area contributed by atoms with Gasteiger partial charge in [-0.25, -0.2) is 4.79 Å². The second kappa shape index (κ2) is 8.91. The number of nitrogens with two attached hydrogens (primary N) is 1. The Hall–Kier alpha value is -2.53. The van der Waals surface area contributed by atoms with Crippen molar-refractivity contribution in [2.45, 2.75) is 39.8 Å². The lowest BCUT2D eigenvalue weighted by molar-refractivity contribution is 0.211. The van der Waals surface area contributed by atoms with E-state index < -0.39 is 6.09 Å². The normalized spacial score (nSPS) is 13.1. The molecule has 0 aromatic heterocycles. The van der Waals surface area contributed by atoms with Crippen molar-refractivity contribution in [1.29, 1.82) is 0 Å². The SMILES string of the molecule is CC(C)CCNCc1ccc(CN2CCc3cc(OC(N)=O)ccc32)cc1. The lowest BCUT2D eigenvalue weighted by Crippen LogP contribution is -2.20. The summed E-state index contributed by atoms with van der Waals surface area (Å²) in [6, 6.07) is 14.6. The highest BCUT2D eigenvalue weighted by Gasteiger charge is 2.20. The van der Waals surface area contributed by atoms with E-state index in [0.29, 0.717) is 5.75 Å². The van der Waals surface area contributed by atoms with Gasteiger partial charge in [0.1, 0.15) is 5.75 Å². The van der Waals surface area contributed by atoms with Crippen LogP contribution in [0.15, 0.2) is 42.5 Å². The standard InChI is InChI=1S/C22H29N3O2/c1-16(2)9-11-24-14-17-3-5-18(6-4-17)15-25-12-10-19-13-20(27-22(23)26)7-8-21(19)25/h3-8,13,16,24H,9-12,14-15H2,1-2H3,(H2,23,26). The zero-order valence-electron chi connectivity index (χ0n) is 16.2. The molecule has 0 aliphatic carbocycles. The molecule has 0 atom stereocenters. The van der Waals surface area contributed by atoms with Crippen LogP contribution >= 0.6 is 0 Å². The monoisotopic (exact) mass is 367 g/mol. The molecule has 144 valence electrons. The Morgan fingerprint density at radius 1 is 1.19 bits per heavy atom. The molecule has 3 N–H and O–H groups in total. The van der Waals surface area contributed by atoms with Crippen LogP contribution in [0.4, 0.5) is 10.5 Å². The van der Waals surface area contributed by atoms with E-state index in [1.165, 1.54) is 28.8 Å². The summed E-state index contributed by atoms with van der Waals surface area (Å²) in [5, 5.41) is 3.50. The van der Waals surface area contributed by atoms with Gasteiger partial charge in [-0.3, -0.25) is 0 Å². The Balaban J connectivity index is 1.55. The number of ether oxygens (including phenoxy) is 1. The number of carbonyl (C=O) groups is 1. The molecule has 0 saturated heterocycles. The molecule has 0 spiro atoms. The molecule has 3 rings (SSSR count). The van der Waals surface area contributed by atoms with Crippen LogP contribution in [-0.4, -0.2) is 19.2 Å². The fraction of sp³-hybridized carbons (Fsp3) is 0.409. The first-order valence-corrected chi connectivity index (χ1v) is 9.65. The number of amides is 1. The van der Waals surface area contributed by atoms with Crippen LogP contribution in [-0.2, 0) is 19.5 Å². The molecule has 0 fully saturated rings. The summed E-state index contributed by atoms with van der Waals surface area (Å²) in [5.74, 6) is 1.25. The Morgan fingerprint density at radius 3 is 2.63 bits per heavy atom. The number of rotatable bonds is 8. The lowest BCUT2D eigenvalue weighted by atomic mass is 10.1. The average Bonchev–Trinajstić information content (AvgIpc) is 3.01. The summed E-state index contributed by atoms with van der Waals surface area (Å²) in [4.78, 5) is 13.3. The number of benzene rings is 2. The molecule has 1 aliphatic heterocycles. The molecule has 5 heteroatoms. The smallest absolute Gasteiger partial charge is 0.409 e. The molecule has 0 radical (unpaired) electrons. The van der Waals surface area contributed by atoms with Gasteiger partial charge in [0, 0.05) is 25.3 Å². The molecule has 0 bridgehead atoms.